The van der Waals surface area contributed by atoms with Crippen LogP contribution in [0.1, 0.15) is 74.2 Å². The summed E-state index contributed by atoms with van der Waals surface area (Å²) in [6.45, 7) is 4.27. The Morgan fingerprint density at radius 3 is 2.16 bits per heavy atom. The maximum absolute atomic E-state index is 14.0. The molecule has 0 spiro atoms. The molecule has 10 heteroatoms. The van der Waals surface area contributed by atoms with E-state index >= 15 is 0 Å². The van der Waals surface area contributed by atoms with E-state index in [0.29, 0.717) is 47.2 Å². The van der Waals surface area contributed by atoms with Crippen LogP contribution in [0.3, 0.4) is 0 Å². The summed E-state index contributed by atoms with van der Waals surface area (Å²) in [5.74, 6) is 0.221. The predicted molar refractivity (Wildman–Crippen MR) is 163 cm³/mol. The Kier molecular flexibility index (Phi) is 8.65. The summed E-state index contributed by atoms with van der Waals surface area (Å²) >= 11 is 6.67. The third-order valence-electron chi connectivity index (χ3n) is 10.5. The molecule has 4 fully saturated rings. The highest BCUT2D eigenvalue weighted by molar-refractivity contribution is 6.34. The Labute approximate surface area is 262 Å². The lowest BCUT2D eigenvalue weighted by Crippen LogP contribution is -2.57. The number of nitrogens with zero attached hydrogens (tertiary/aromatic N) is 3. The first-order valence-electron chi connectivity index (χ1n) is 16.0. The van der Waals surface area contributed by atoms with Gasteiger partial charge in [0.05, 0.1) is 10.6 Å². The number of benzene rings is 2. The molecule has 3 unspecified atom stereocenters. The summed E-state index contributed by atoms with van der Waals surface area (Å²) in [4.78, 5) is 31.9. The van der Waals surface area contributed by atoms with Crippen molar-refractivity contribution in [3.63, 3.8) is 0 Å². The van der Waals surface area contributed by atoms with E-state index in [-0.39, 0.29) is 25.0 Å². The zero-order chi connectivity index (χ0) is 31.2. The number of carbonyl (C=O) groups is 2. The van der Waals surface area contributed by atoms with Crippen molar-refractivity contribution in [3.05, 3.63) is 64.7 Å². The van der Waals surface area contributed by atoms with Gasteiger partial charge in [-0.25, -0.2) is 0 Å². The van der Waals surface area contributed by atoms with E-state index in [1.165, 1.54) is 23.5 Å². The molecular weight excluding hydrogens is 591 g/mol. The van der Waals surface area contributed by atoms with Crippen LogP contribution >= 0.6 is 11.6 Å². The first-order chi connectivity index (χ1) is 21.0. The number of rotatable bonds is 6. The minimum absolute atomic E-state index is 0.0378. The number of piperidine rings is 3. The van der Waals surface area contributed by atoms with E-state index in [2.05, 4.69) is 11.8 Å². The van der Waals surface area contributed by atoms with Gasteiger partial charge in [-0.3, -0.25) is 9.59 Å². The van der Waals surface area contributed by atoms with E-state index in [0.717, 1.165) is 63.0 Å². The van der Waals surface area contributed by atoms with Gasteiger partial charge < -0.3 is 19.8 Å². The van der Waals surface area contributed by atoms with E-state index < -0.39 is 23.2 Å². The summed E-state index contributed by atoms with van der Waals surface area (Å²) in [6, 6.07) is 13.0. The van der Waals surface area contributed by atoms with Gasteiger partial charge in [0.1, 0.15) is 0 Å². The van der Waals surface area contributed by atoms with Gasteiger partial charge in [-0.05, 0) is 94.2 Å². The number of halogens is 4. The number of hydrogen-bond donors (Lipinski definition) is 1. The van der Waals surface area contributed by atoms with Crippen molar-refractivity contribution in [1.82, 2.24) is 9.80 Å². The summed E-state index contributed by atoms with van der Waals surface area (Å²) in [6.07, 6.45) is 2.44. The molecule has 1 saturated carbocycles. The fourth-order valence-corrected chi connectivity index (χ4v) is 8.01. The lowest BCUT2D eigenvalue weighted by atomic mass is 9.82. The summed E-state index contributed by atoms with van der Waals surface area (Å²) < 4.78 is 42.0. The maximum atomic E-state index is 14.0. The van der Waals surface area contributed by atoms with E-state index in [1.807, 2.05) is 23.1 Å². The Morgan fingerprint density at radius 1 is 0.909 bits per heavy atom. The minimum Gasteiger partial charge on any atom is -0.371 e. The smallest absolute Gasteiger partial charge is 0.371 e. The average Bonchev–Trinajstić information content (AvgIpc) is 3.80. The summed E-state index contributed by atoms with van der Waals surface area (Å²) in [5.41, 5.74) is -2.41. The highest BCUT2D eigenvalue weighted by atomic mass is 35.5. The van der Waals surface area contributed by atoms with Gasteiger partial charge >= 0.3 is 6.18 Å². The van der Waals surface area contributed by atoms with Gasteiger partial charge in [0.15, 0.2) is 0 Å². The maximum Gasteiger partial charge on any atom is 0.430 e. The molecule has 44 heavy (non-hydrogen) atoms. The molecule has 1 N–H and O–H groups in total. The number of amides is 2. The van der Waals surface area contributed by atoms with Crippen molar-refractivity contribution >= 4 is 29.1 Å². The summed E-state index contributed by atoms with van der Waals surface area (Å²) in [5, 5.41) is 11.2. The van der Waals surface area contributed by atoms with Crippen LogP contribution in [0.4, 0.5) is 18.9 Å². The number of fused-ring (bicyclic) bond motifs is 1. The zero-order valence-electron chi connectivity index (χ0n) is 25.1. The highest BCUT2D eigenvalue weighted by Crippen LogP contribution is 2.46. The van der Waals surface area contributed by atoms with Crippen molar-refractivity contribution in [3.8, 4) is 0 Å². The monoisotopic (exact) mass is 631 g/mol. The van der Waals surface area contributed by atoms with Gasteiger partial charge in [-0.2, -0.15) is 13.2 Å². The van der Waals surface area contributed by atoms with Crippen LogP contribution < -0.4 is 4.90 Å². The van der Waals surface area contributed by atoms with Crippen LogP contribution in [0.5, 0.6) is 0 Å². The largest absolute Gasteiger partial charge is 0.430 e. The van der Waals surface area contributed by atoms with E-state index in [9.17, 15) is 27.9 Å². The van der Waals surface area contributed by atoms with Crippen molar-refractivity contribution in [2.45, 2.75) is 82.2 Å². The van der Waals surface area contributed by atoms with Crippen LogP contribution in [0.25, 0.3) is 0 Å². The second-order valence-corrected chi connectivity index (χ2v) is 13.7. The SMILES string of the molecule is CC1CCC2CC2N1C(=O)c1ccc(N2CCC(CC3CCN(C(=O)[C@](O)(c4ccccc4)C(F)(F)F)CC3)CC2)cc1Cl. The predicted octanol–water partition coefficient (Wildman–Crippen LogP) is 6.65. The normalized spacial score (nSPS) is 26.2. The van der Waals surface area contributed by atoms with Crippen molar-refractivity contribution < 1.29 is 27.9 Å². The van der Waals surface area contributed by atoms with Crippen LogP contribution in [0, 0.1) is 17.8 Å². The quantitative estimate of drug-likeness (QED) is 0.388. The number of anilines is 1. The first-order valence-corrected chi connectivity index (χ1v) is 16.4. The number of aliphatic hydroxyl groups is 1. The topological polar surface area (TPSA) is 64.1 Å². The standard InChI is InChI=1S/C34H41ClF3N3O3/c1-22-7-8-25-20-30(25)41(22)31(42)28-10-9-27(21-29(28)35)39-15-11-23(12-16-39)19-24-13-17-40(18-14-24)32(43)33(44,34(36,37)38)26-5-3-2-4-6-26/h2-6,9-10,21-25,30,44H,7-8,11-20H2,1H3/t22?,25?,30?,33-/m1/s1. The van der Waals surface area contributed by atoms with Crippen LogP contribution in [0.2, 0.25) is 5.02 Å². The van der Waals surface area contributed by atoms with E-state index in [4.69, 9.17) is 11.6 Å². The Hall–Kier alpha value is -2.78. The minimum atomic E-state index is -5.12. The van der Waals surface area contributed by atoms with Gasteiger partial charge in [0.2, 0.25) is 0 Å². The molecule has 3 heterocycles. The van der Waals surface area contributed by atoms with Crippen LogP contribution in [0.15, 0.2) is 48.5 Å². The van der Waals surface area contributed by atoms with Crippen molar-refractivity contribution in [2.24, 2.45) is 17.8 Å². The molecule has 4 atom stereocenters. The number of alkyl halides is 3. The molecule has 2 aromatic carbocycles. The number of carbonyl (C=O) groups excluding carboxylic acids is 2. The molecule has 3 saturated heterocycles. The molecule has 0 bridgehead atoms. The third-order valence-corrected chi connectivity index (χ3v) is 10.9. The molecule has 0 aromatic heterocycles. The zero-order valence-corrected chi connectivity index (χ0v) is 25.9. The third kappa shape index (κ3) is 5.94. The second-order valence-electron chi connectivity index (χ2n) is 13.3. The van der Waals surface area contributed by atoms with E-state index in [1.54, 1.807) is 6.07 Å². The molecule has 6 nitrogen and oxygen atoms in total. The highest BCUT2D eigenvalue weighted by Gasteiger charge is 2.62. The van der Waals surface area contributed by atoms with Gasteiger partial charge in [-0.1, -0.05) is 41.9 Å². The van der Waals surface area contributed by atoms with Crippen molar-refractivity contribution in [2.75, 3.05) is 31.1 Å². The molecule has 4 aliphatic rings. The molecule has 1 aliphatic carbocycles. The van der Waals surface area contributed by atoms with Crippen LogP contribution in [-0.4, -0.2) is 71.2 Å². The average molecular weight is 632 g/mol. The molecule has 2 amide bonds. The molecular formula is C34H41ClF3N3O3. The van der Waals surface area contributed by atoms with Gasteiger partial charge in [-0.15, -0.1) is 0 Å². The van der Waals surface area contributed by atoms with Crippen LogP contribution in [-0.2, 0) is 10.4 Å². The fraction of sp³-hybridized carbons (Fsp3) is 0.588. The van der Waals surface area contributed by atoms with Gasteiger partial charge in [0.25, 0.3) is 17.4 Å². The first kappa shape index (κ1) is 31.2. The lowest BCUT2D eigenvalue weighted by Gasteiger charge is -2.40. The Morgan fingerprint density at radius 2 is 1.55 bits per heavy atom. The lowest BCUT2D eigenvalue weighted by molar-refractivity contribution is -0.262. The summed E-state index contributed by atoms with van der Waals surface area (Å²) in [7, 11) is 0. The fourth-order valence-electron chi connectivity index (χ4n) is 7.75. The molecule has 238 valence electrons. The Bertz CT molecular complexity index is 1360. The number of hydrogen-bond acceptors (Lipinski definition) is 4. The second kappa shape index (κ2) is 12.2. The van der Waals surface area contributed by atoms with Crippen molar-refractivity contribution in [1.29, 1.82) is 0 Å². The molecule has 2 aromatic rings. The Balaban J connectivity index is 0.996. The van der Waals surface area contributed by atoms with Gasteiger partial charge in [0, 0.05) is 49.5 Å². The molecule has 6 rings (SSSR count). The molecule has 3 aliphatic heterocycles. The molecule has 0 radical (unpaired) electrons. The number of likely N-dealkylation sites (tertiary alicyclic amines) is 2.